The van der Waals surface area contributed by atoms with E-state index in [1.54, 1.807) is 18.3 Å². The van der Waals surface area contributed by atoms with Crippen LogP contribution in [-0.4, -0.2) is 43.0 Å². The number of likely N-dealkylation sites (tertiary alicyclic amines) is 1. The van der Waals surface area contributed by atoms with Crippen LogP contribution < -0.4 is 9.64 Å². The minimum atomic E-state index is -0.378. The number of carbonyl (C=O) groups is 1. The molecule has 0 radical (unpaired) electrons. The third kappa shape index (κ3) is 4.07. The number of pyridine rings is 1. The molecule has 1 aliphatic rings. The molecular formula is C19H22FN3O2. The zero-order chi connectivity index (χ0) is 17.8. The van der Waals surface area contributed by atoms with Crippen LogP contribution in [0.25, 0.3) is 0 Å². The lowest BCUT2D eigenvalue weighted by Crippen LogP contribution is -2.34. The van der Waals surface area contributed by atoms with Crippen molar-refractivity contribution in [3.8, 4) is 5.75 Å². The topological polar surface area (TPSA) is 45.7 Å². The van der Waals surface area contributed by atoms with Gasteiger partial charge in [0.15, 0.2) is 6.61 Å². The van der Waals surface area contributed by atoms with E-state index in [1.807, 2.05) is 36.0 Å². The number of amides is 1. The van der Waals surface area contributed by atoms with Crippen LogP contribution in [-0.2, 0) is 4.79 Å². The molecule has 25 heavy (non-hydrogen) atoms. The zero-order valence-electron chi connectivity index (χ0n) is 14.5. The van der Waals surface area contributed by atoms with E-state index in [-0.39, 0.29) is 24.4 Å². The van der Waals surface area contributed by atoms with E-state index in [2.05, 4.69) is 4.98 Å². The lowest BCUT2D eigenvalue weighted by atomic mass is 10.1. The Balaban J connectivity index is 1.68. The molecule has 6 heteroatoms. The van der Waals surface area contributed by atoms with Crippen LogP contribution in [0.4, 0.5) is 10.2 Å². The fourth-order valence-electron chi connectivity index (χ4n) is 3.08. The SMILES string of the molecule is CN(C)c1cc(C2CCCN2C(=O)COc2cccc(F)c2)ccn1. The molecular weight excluding hydrogens is 321 g/mol. The van der Waals surface area contributed by atoms with Gasteiger partial charge in [-0.3, -0.25) is 4.79 Å². The molecule has 1 aromatic carbocycles. The van der Waals surface area contributed by atoms with E-state index in [4.69, 9.17) is 4.74 Å². The van der Waals surface area contributed by atoms with Gasteiger partial charge < -0.3 is 14.5 Å². The minimum absolute atomic E-state index is 0.0327. The molecule has 0 spiro atoms. The molecule has 0 bridgehead atoms. The second-order valence-electron chi connectivity index (χ2n) is 6.33. The fourth-order valence-corrected chi connectivity index (χ4v) is 3.08. The molecule has 2 aromatic rings. The molecule has 1 unspecified atom stereocenters. The first-order chi connectivity index (χ1) is 12.0. The number of carbonyl (C=O) groups excluding carboxylic acids is 1. The normalized spacial score (nSPS) is 16.8. The number of benzene rings is 1. The molecule has 2 heterocycles. The van der Waals surface area contributed by atoms with Crippen molar-refractivity contribution < 1.29 is 13.9 Å². The van der Waals surface area contributed by atoms with E-state index in [0.717, 1.165) is 24.2 Å². The lowest BCUT2D eigenvalue weighted by molar-refractivity contribution is -0.134. The van der Waals surface area contributed by atoms with Crippen molar-refractivity contribution in [3.63, 3.8) is 0 Å². The number of halogens is 1. The van der Waals surface area contributed by atoms with Crippen molar-refractivity contribution >= 4 is 11.7 Å². The van der Waals surface area contributed by atoms with Crippen molar-refractivity contribution in [2.75, 3.05) is 32.1 Å². The Kier molecular flexibility index (Phi) is 5.16. The van der Waals surface area contributed by atoms with Crippen LogP contribution >= 0.6 is 0 Å². The van der Waals surface area contributed by atoms with E-state index < -0.39 is 0 Å². The summed E-state index contributed by atoms with van der Waals surface area (Å²) in [6.07, 6.45) is 3.65. The summed E-state index contributed by atoms with van der Waals surface area (Å²) in [7, 11) is 3.88. The van der Waals surface area contributed by atoms with Crippen LogP contribution in [0, 0.1) is 5.82 Å². The van der Waals surface area contributed by atoms with E-state index >= 15 is 0 Å². The van der Waals surface area contributed by atoms with Crippen LogP contribution in [0.5, 0.6) is 5.75 Å². The lowest BCUT2D eigenvalue weighted by Gasteiger charge is -2.26. The summed E-state index contributed by atoms with van der Waals surface area (Å²) in [6, 6.07) is 9.83. The minimum Gasteiger partial charge on any atom is -0.484 e. The van der Waals surface area contributed by atoms with Crippen molar-refractivity contribution in [1.29, 1.82) is 0 Å². The molecule has 5 nitrogen and oxygen atoms in total. The molecule has 1 saturated heterocycles. The van der Waals surface area contributed by atoms with Gasteiger partial charge in [0.2, 0.25) is 0 Å². The Morgan fingerprint density at radius 3 is 2.96 bits per heavy atom. The van der Waals surface area contributed by atoms with Gasteiger partial charge in [-0.25, -0.2) is 9.37 Å². The first-order valence-corrected chi connectivity index (χ1v) is 8.35. The van der Waals surface area contributed by atoms with Gasteiger partial charge in [-0.05, 0) is 42.7 Å². The largest absolute Gasteiger partial charge is 0.484 e. The summed E-state index contributed by atoms with van der Waals surface area (Å²) in [5.41, 5.74) is 1.08. The van der Waals surface area contributed by atoms with E-state index in [0.29, 0.717) is 12.3 Å². The highest BCUT2D eigenvalue weighted by Crippen LogP contribution is 2.33. The Bertz CT molecular complexity index is 751. The third-order valence-electron chi connectivity index (χ3n) is 4.34. The van der Waals surface area contributed by atoms with E-state index in [1.165, 1.54) is 12.1 Å². The van der Waals surface area contributed by atoms with Gasteiger partial charge in [-0.2, -0.15) is 0 Å². The van der Waals surface area contributed by atoms with Gasteiger partial charge in [0, 0.05) is 32.9 Å². The summed E-state index contributed by atoms with van der Waals surface area (Å²) in [5.74, 6) is 0.766. The van der Waals surface area contributed by atoms with Gasteiger partial charge in [0.25, 0.3) is 5.91 Å². The van der Waals surface area contributed by atoms with Gasteiger partial charge >= 0.3 is 0 Å². The predicted molar refractivity (Wildman–Crippen MR) is 94.1 cm³/mol. The highest BCUT2D eigenvalue weighted by atomic mass is 19.1. The highest BCUT2D eigenvalue weighted by Gasteiger charge is 2.30. The smallest absolute Gasteiger partial charge is 0.261 e. The molecule has 1 aromatic heterocycles. The summed E-state index contributed by atoms with van der Waals surface area (Å²) < 4.78 is 18.6. The first-order valence-electron chi connectivity index (χ1n) is 8.35. The Labute approximate surface area is 147 Å². The van der Waals surface area contributed by atoms with Gasteiger partial charge in [0.05, 0.1) is 6.04 Å². The monoisotopic (exact) mass is 343 g/mol. The average Bonchev–Trinajstić information content (AvgIpc) is 3.10. The summed E-state index contributed by atoms with van der Waals surface area (Å²) in [4.78, 5) is 20.7. The van der Waals surface area contributed by atoms with Crippen LogP contribution in [0.1, 0.15) is 24.4 Å². The van der Waals surface area contributed by atoms with Crippen LogP contribution in [0.2, 0.25) is 0 Å². The number of ether oxygens (including phenoxy) is 1. The Morgan fingerprint density at radius 1 is 1.36 bits per heavy atom. The molecule has 0 saturated carbocycles. The molecule has 1 amide bonds. The number of hydrogen-bond acceptors (Lipinski definition) is 4. The Hall–Kier alpha value is -2.63. The molecule has 1 atom stereocenters. The van der Waals surface area contributed by atoms with E-state index in [9.17, 15) is 9.18 Å². The maximum Gasteiger partial charge on any atom is 0.261 e. The fraction of sp³-hybridized carbons (Fsp3) is 0.368. The number of aromatic nitrogens is 1. The molecule has 3 rings (SSSR count). The van der Waals surface area contributed by atoms with Crippen molar-refractivity contribution in [3.05, 3.63) is 54.0 Å². The first kappa shape index (κ1) is 17.2. The number of hydrogen-bond donors (Lipinski definition) is 0. The zero-order valence-corrected chi connectivity index (χ0v) is 14.5. The van der Waals surface area contributed by atoms with Gasteiger partial charge in [-0.15, -0.1) is 0 Å². The summed E-state index contributed by atoms with van der Waals surface area (Å²) >= 11 is 0. The molecule has 132 valence electrons. The number of rotatable bonds is 5. The van der Waals surface area contributed by atoms with Gasteiger partial charge in [-0.1, -0.05) is 6.07 Å². The molecule has 1 aliphatic heterocycles. The second kappa shape index (κ2) is 7.51. The summed E-state index contributed by atoms with van der Waals surface area (Å²) in [5, 5.41) is 0. The van der Waals surface area contributed by atoms with Crippen molar-refractivity contribution in [2.24, 2.45) is 0 Å². The third-order valence-corrected chi connectivity index (χ3v) is 4.34. The predicted octanol–water partition coefficient (Wildman–Crippen LogP) is 3.03. The molecule has 1 fully saturated rings. The number of nitrogens with zero attached hydrogens (tertiary/aromatic N) is 3. The van der Waals surface area contributed by atoms with Crippen LogP contribution in [0.3, 0.4) is 0 Å². The van der Waals surface area contributed by atoms with Crippen LogP contribution in [0.15, 0.2) is 42.6 Å². The summed E-state index contributed by atoms with van der Waals surface area (Å²) in [6.45, 7) is 0.612. The van der Waals surface area contributed by atoms with Gasteiger partial charge in [0.1, 0.15) is 17.4 Å². The molecule has 0 N–H and O–H groups in total. The number of anilines is 1. The maximum absolute atomic E-state index is 13.2. The standard InChI is InChI=1S/C19H22FN3O2/c1-22(2)18-11-14(8-9-21-18)17-7-4-10-23(17)19(24)13-25-16-6-3-5-15(20)12-16/h3,5-6,8-9,11-12,17H,4,7,10,13H2,1-2H3. The molecule has 0 aliphatic carbocycles. The highest BCUT2D eigenvalue weighted by molar-refractivity contribution is 5.78. The Morgan fingerprint density at radius 2 is 2.20 bits per heavy atom. The average molecular weight is 343 g/mol. The second-order valence-corrected chi connectivity index (χ2v) is 6.33. The van der Waals surface area contributed by atoms with Crippen molar-refractivity contribution in [1.82, 2.24) is 9.88 Å². The van der Waals surface area contributed by atoms with Crippen molar-refractivity contribution in [2.45, 2.75) is 18.9 Å². The maximum atomic E-state index is 13.2. The quantitative estimate of drug-likeness (QED) is 0.837.